The van der Waals surface area contributed by atoms with E-state index in [9.17, 15) is 4.39 Å². The van der Waals surface area contributed by atoms with E-state index in [0.717, 1.165) is 24.8 Å². The largest absolute Gasteiger partial charge is 0.207 e. The first kappa shape index (κ1) is 13.0. The summed E-state index contributed by atoms with van der Waals surface area (Å²) in [5.74, 6) is 0.407. The van der Waals surface area contributed by atoms with Crippen LogP contribution in [0.1, 0.15) is 50.2 Å². The summed E-state index contributed by atoms with van der Waals surface area (Å²) in [5, 5.41) is 0. The van der Waals surface area contributed by atoms with E-state index >= 15 is 0 Å². The first-order valence-electron chi connectivity index (χ1n) is 6.10. The molecule has 0 amide bonds. The van der Waals surface area contributed by atoms with Gasteiger partial charge in [0.2, 0.25) is 0 Å². The number of aryl methyl sites for hydroxylation is 1. The molecule has 0 aliphatic carbocycles. The van der Waals surface area contributed by atoms with Crippen molar-refractivity contribution in [2.45, 2.75) is 46.0 Å². The fourth-order valence-electron chi connectivity index (χ4n) is 1.89. The Morgan fingerprint density at radius 1 is 1.25 bits per heavy atom. The molecule has 1 aromatic carbocycles. The fourth-order valence-corrected chi connectivity index (χ4v) is 1.89. The van der Waals surface area contributed by atoms with Crippen LogP contribution >= 0.6 is 0 Å². The molecule has 1 heteroatoms. The molecule has 1 rings (SSSR count). The SMILES string of the molecule is CC/C=C\CC(CC)c1ccc(F)c(C)c1. The molecular weight excluding hydrogens is 199 g/mol. The van der Waals surface area contributed by atoms with Crippen LogP contribution in [-0.4, -0.2) is 0 Å². The van der Waals surface area contributed by atoms with E-state index in [1.807, 2.05) is 19.1 Å². The molecule has 0 bridgehead atoms. The number of allylic oxidation sites excluding steroid dienone is 2. The van der Waals surface area contributed by atoms with Gasteiger partial charge < -0.3 is 0 Å². The highest BCUT2D eigenvalue weighted by Gasteiger charge is 2.08. The Morgan fingerprint density at radius 3 is 2.56 bits per heavy atom. The molecule has 0 spiro atoms. The van der Waals surface area contributed by atoms with Gasteiger partial charge in [0.25, 0.3) is 0 Å². The highest BCUT2D eigenvalue weighted by molar-refractivity contribution is 5.27. The normalized spacial score (nSPS) is 13.2. The number of benzene rings is 1. The minimum atomic E-state index is -0.109. The topological polar surface area (TPSA) is 0 Å². The van der Waals surface area contributed by atoms with Crippen molar-refractivity contribution < 1.29 is 4.39 Å². The lowest BCUT2D eigenvalue weighted by Crippen LogP contribution is -1.97. The first-order chi connectivity index (χ1) is 7.69. The Labute approximate surface area is 98.2 Å². The van der Waals surface area contributed by atoms with E-state index in [1.165, 1.54) is 5.56 Å². The zero-order chi connectivity index (χ0) is 12.0. The molecule has 0 aliphatic heterocycles. The maximum Gasteiger partial charge on any atom is 0.126 e. The van der Waals surface area contributed by atoms with Crippen LogP contribution in [0.25, 0.3) is 0 Å². The average Bonchev–Trinajstić information content (AvgIpc) is 2.29. The molecule has 0 saturated carbocycles. The van der Waals surface area contributed by atoms with Crippen LogP contribution < -0.4 is 0 Å². The zero-order valence-corrected chi connectivity index (χ0v) is 10.5. The number of hydrogen-bond acceptors (Lipinski definition) is 0. The van der Waals surface area contributed by atoms with Crippen LogP contribution in [0.15, 0.2) is 30.4 Å². The van der Waals surface area contributed by atoms with Crippen LogP contribution in [-0.2, 0) is 0 Å². The summed E-state index contributed by atoms with van der Waals surface area (Å²) < 4.78 is 13.2. The van der Waals surface area contributed by atoms with Gasteiger partial charge in [-0.3, -0.25) is 0 Å². The summed E-state index contributed by atoms with van der Waals surface area (Å²) in [6.45, 7) is 6.15. The predicted octanol–water partition coefficient (Wildman–Crippen LogP) is 4.98. The molecule has 0 aromatic heterocycles. The molecule has 88 valence electrons. The molecule has 0 heterocycles. The van der Waals surface area contributed by atoms with Crippen molar-refractivity contribution in [3.05, 3.63) is 47.3 Å². The third-order valence-corrected chi connectivity index (χ3v) is 2.97. The Kier molecular flexibility index (Phi) is 5.24. The van der Waals surface area contributed by atoms with Crippen molar-refractivity contribution in [3.8, 4) is 0 Å². The Morgan fingerprint density at radius 2 is 2.00 bits per heavy atom. The molecule has 1 unspecified atom stereocenters. The van der Waals surface area contributed by atoms with E-state index in [4.69, 9.17) is 0 Å². The smallest absolute Gasteiger partial charge is 0.126 e. The van der Waals surface area contributed by atoms with E-state index in [-0.39, 0.29) is 5.82 Å². The summed E-state index contributed by atoms with van der Waals surface area (Å²) in [6, 6.07) is 5.47. The summed E-state index contributed by atoms with van der Waals surface area (Å²) in [5.41, 5.74) is 2.00. The Hall–Kier alpha value is -1.11. The summed E-state index contributed by atoms with van der Waals surface area (Å²) in [4.78, 5) is 0. The van der Waals surface area contributed by atoms with E-state index in [2.05, 4.69) is 26.0 Å². The van der Waals surface area contributed by atoms with Crippen LogP contribution in [0.2, 0.25) is 0 Å². The zero-order valence-electron chi connectivity index (χ0n) is 10.5. The highest BCUT2D eigenvalue weighted by Crippen LogP contribution is 2.25. The van der Waals surface area contributed by atoms with Crippen LogP contribution in [0.4, 0.5) is 4.39 Å². The third kappa shape index (κ3) is 3.48. The standard InChI is InChI=1S/C15H21F/c1-4-6-7-8-13(5-2)14-9-10-15(16)12(3)11-14/h6-7,9-11,13H,4-5,8H2,1-3H3/b7-6-. The second kappa shape index (κ2) is 6.47. The predicted molar refractivity (Wildman–Crippen MR) is 68.2 cm³/mol. The Balaban J connectivity index is 2.78. The minimum Gasteiger partial charge on any atom is -0.207 e. The minimum absolute atomic E-state index is 0.109. The lowest BCUT2D eigenvalue weighted by Gasteiger charge is -2.14. The van der Waals surface area contributed by atoms with E-state index in [1.54, 1.807) is 6.07 Å². The van der Waals surface area contributed by atoms with Gasteiger partial charge in [-0.1, -0.05) is 38.1 Å². The molecule has 0 radical (unpaired) electrons. The Bertz CT molecular complexity index is 352. The molecule has 0 aliphatic rings. The number of rotatable bonds is 5. The molecular formula is C15H21F. The average molecular weight is 220 g/mol. The van der Waals surface area contributed by atoms with Gasteiger partial charge in [0, 0.05) is 0 Å². The maximum absolute atomic E-state index is 13.2. The number of hydrogen-bond donors (Lipinski definition) is 0. The van der Waals surface area contributed by atoms with Gasteiger partial charge in [0.1, 0.15) is 5.82 Å². The van der Waals surface area contributed by atoms with Crippen LogP contribution in [0, 0.1) is 12.7 Å². The van der Waals surface area contributed by atoms with Crippen LogP contribution in [0.5, 0.6) is 0 Å². The third-order valence-electron chi connectivity index (χ3n) is 2.97. The second-order valence-electron chi connectivity index (χ2n) is 4.23. The van der Waals surface area contributed by atoms with Gasteiger partial charge >= 0.3 is 0 Å². The van der Waals surface area contributed by atoms with Crippen molar-refractivity contribution in [3.63, 3.8) is 0 Å². The fraction of sp³-hybridized carbons (Fsp3) is 0.467. The van der Waals surface area contributed by atoms with Gasteiger partial charge in [-0.15, -0.1) is 0 Å². The summed E-state index contributed by atoms with van der Waals surface area (Å²) in [6.07, 6.45) is 7.65. The van der Waals surface area contributed by atoms with Crippen LogP contribution in [0.3, 0.4) is 0 Å². The van der Waals surface area contributed by atoms with Gasteiger partial charge in [0.15, 0.2) is 0 Å². The summed E-state index contributed by atoms with van der Waals surface area (Å²) >= 11 is 0. The number of halogens is 1. The first-order valence-corrected chi connectivity index (χ1v) is 6.10. The quantitative estimate of drug-likeness (QED) is 0.614. The highest BCUT2D eigenvalue weighted by atomic mass is 19.1. The van der Waals surface area contributed by atoms with Crippen molar-refractivity contribution in [1.82, 2.24) is 0 Å². The van der Waals surface area contributed by atoms with Gasteiger partial charge in [-0.05, 0) is 49.3 Å². The van der Waals surface area contributed by atoms with Crippen molar-refractivity contribution in [1.29, 1.82) is 0 Å². The van der Waals surface area contributed by atoms with E-state index < -0.39 is 0 Å². The molecule has 1 aromatic rings. The molecule has 0 fully saturated rings. The maximum atomic E-state index is 13.2. The molecule has 0 saturated heterocycles. The molecule has 0 N–H and O–H groups in total. The van der Waals surface area contributed by atoms with Gasteiger partial charge in [-0.25, -0.2) is 4.39 Å². The molecule has 16 heavy (non-hydrogen) atoms. The lowest BCUT2D eigenvalue weighted by atomic mass is 9.92. The van der Waals surface area contributed by atoms with Crippen molar-refractivity contribution in [2.75, 3.05) is 0 Å². The van der Waals surface area contributed by atoms with Gasteiger partial charge in [0.05, 0.1) is 0 Å². The monoisotopic (exact) mass is 220 g/mol. The van der Waals surface area contributed by atoms with Gasteiger partial charge in [-0.2, -0.15) is 0 Å². The second-order valence-corrected chi connectivity index (χ2v) is 4.23. The lowest BCUT2D eigenvalue weighted by molar-refractivity contribution is 0.612. The van der Waals surface area contributed by atoms with Crippen molar-refractivity contribution in [2.24, 2.45) is 0 Å². The molecule has 1 atom stereocenters. The van der Waals surface area contributed by atoms with Crippen molar-refractivity contribution >= 4 is 0 Å². The van der Waals surface area contributed by atoms with E-state index in [0.29, 0.717) is 5.92 Å². The molecule has 0 nitrogen and oxygen atoms in total. The summed E-state index contributed by atoms with van der Waals surface area (Å²) in [7, 11) is 0.